The third-order valence-corrected chi connectivity index (χ3v) is 1.16. The van der Waals surface area contributed by atoms with Gasteiger partial charge in [0.2, 0.25) is 0 Å². The molecule has 0 radical (unpaired) electrons. The van der Waals surface area contributed by atoms with Crippen LogP contribution in [0.5, 0.6) is 0 Å². The third kappa shape index (κ3) is 2.31. The molecule has 1 N–H and O–H groups in total. The van der Waals surface area contributed by atoms with Crippen LogP contribution in [-0.2, 0) is 6.54 Å². The molecule has 0 aliphatic carbocycles. The van der Waals surface area contributed by atoms with Crippen LogP contribution in [0.25, 0.3) is 0 Å². The van der Waals surface area contributed by atoms with E-state index in [0.29, 0.717) is 4.58 Å². The zero-order valence-corrected chi connectivity index (χ0v) is 5.99. The van der Waals surface area contributed by atoms with Crippen molar-refractivity contribution in [3.63, 3.8) is 0 Å². The smallest absolute Gasteiger partial charge is 0.0672 e. The first-order valence-corrected chi connectivity index (χ1v) is 3.14. The topological polar surface area (TPSA) is 36.4 Å². The molecule has 0 aliphatic rings. The van der Waals surface area contributed by atoms with Crippen LogP contribution in [0, 0.1) is 0 Å². The van der Waals surface area contributed by atoms with Gasteiger partial charge in [-0.1, -0.05) is 10.6 Å². The second-order valence-electron chi connectivity index (χ2n) is 1.86. The van der Waals surface area contributed by atoms with Gasteiger partial charge < -0.3 is 0 Å². The van der Waals surface area contributed by atoms with Gasteiger partial charge in [0, 0.05) is 24.2 Å². The lowest BCUT2D eigenvalue weighted by Gasteiger charge is -2.02. The van der Waals surface area contributed by atoms with Gasteiger partial charge in [-0.05, 0) is 11.6 Å². The first kappa shape index (κ1) is 7.47. The number of aromatic nitrogens is 1. The molecule has 3 nitrogen and oxygen atoms in total. The van der Waals surface area contributed by atoms with Gasteiger partial charge in [0.1, 0.15) is 0 Å². The Balaban J connectivity index is 2.59. The summed E-state index contributed by atoms with van der Waals surface area (Å²) in [6.07, 6.45) is 3.31. The summed E-state index contributed by atoms with van der Waals surface area (Å²) < 4.78 is 0.594. The molecule has 1 heterocycles. The summed E-state index contributed by atoms with van der Waals surface area (Å²) in [7, 11) is 0. The van der Waals surface area contributed by atoms with Gasteiger partial charge in [0.25, 0.3) is 0 Å². The third-order valence-electron chi connectivity index (χ3n) is 1.04. The molecular formula is C6H7ClN2O. The van der Waals surface area contributed by atoms with Gasteiger partial charge >= 0.3 is 0 Å². The Morgan fingerprint density at radius 1 is 1.70 bits per heavy atom. The first-order valence-electron chi connectivity index (χ1n) is 2.80. The lowest BCUT2D eigenvalue weighted by Crippen LogP contribution is -2.04. The normalized spacial score (nSPS) is 10.3. The fourth-order valence-corrected chi connectivity index (χ4v) is 0.780. The van der Waals surface area contributed by atoms with Crippen molar-refractivity contribution < 1.29 is 5.21 Å². The Bertz CT molecular complexity index is 190. The predicted molar refractivity (Wildman–Crippen MR) is 37.4 cm³/mol. The first-order chi connectivity index (χ1) is 4.79. The van der Waals surface area contributed by atoms with E-state index >= 15 is 0 Å². The van der Waals surface area contributed by atoms with Crippen LogP contribution in [0.1, 0.15) is 5.56 Å². The number of rotatable bonds is 2. The molecule has 1 rings (SSSR count). The largest absolute Gasteiger partial charge is 0.298 e. The molecule has 1 aromatic heterocycles. The molecule has 0 saturated heterocycles. The maximum atomic E-state index is 8.58. The highest BCUT2D eigenvalue weighted by Crippen LogP contribution is 2.00. The number of hydroxylamine groups is 1. The maximum absolute atomic E-state index is 8.58. The van der Waals surface area contributed by atoms with Crippen molar-refractivity contribution in [3.05, 3.63) is 30.1 Å². The Morgan fingerprint density at radius 3 is 3.00 bits per heavy atom. The quantitative estimate of drug-likeness (QED) is 0.523. The minimum Gasteiger partial charge on any atom is -0.298 e. The average molecular weight is 159 g/mol. The highest BCUT2D eigenvalue weighted by atomic mass is 35.5. The van der Waals surface area contributed by atoms with Crippen molar-refractivity contribution in [2.24, 2.45) is 0 Å². The Kier molecular flexibility index (Phi) is 2.62. The fourth-order valence-electron chi connectivity index (χ4n) is 0.642. The Morgan fingerprint density at radius 2 is 2.50 bits per heavy atom. The van der Waals surface area contributed by atoms with E-state index < -0.39 is 0 Å². The van der Waals surface area contributed by atoms with Gasteiger partial charge in [-0.3, -0.25) is 10.2 Å². The second kappa shape index (κ2) is 3.51. The SMILES string of the molecule is ON(Cl)Cc1cccnc1. The predicted octanol–water partition coefficient (Wildman–Crippen LogP) is 1.43. The van der Waals surface area contributed by atoms with Crippen molar-refractivity contribution in [2.75, 3.05) is 0 Å². The summed E-state index contributed by atoms with van der Waals surface area (Å²) in [6.45, 7) is 0.287. The van der Waals surface area contributed by atoms with Gasteiger partial charge in [-0.15, -0.1) is 0 Å². The summed E-state index contributed by atoms with van der Waals surface area (Å²) in [5.74, 6) is 0. The second-order valence-corrected chi connectivity index (χ2v) is 2.25. The van der Waals surface area contributed by atoms with E-state index in [9.17, 15) is 0 Å². The van der Waals surface area contributed by atoms with Crippen molar-refractivity contribution in [1.82, 2.24) is 9.57 Å². The summed E-state index contributed by atoms with van der Waals surface area (Å²) in [4.78, 5) is 3.84. The highest BCUT2D eigenvalue weighted by molar-refractivity contribution is 6.12. The average Bonchev–Trinajstić information content (AvgIpc) is 1.88. The van der Waals surface area contributed by atoms with Crippen molar-refractivity contribution in [2.45, 2.75) is 6.54 Å². The van der Waals surface area contributed by atoms with Gasteiger partial charge in [-0.2, -0.15) is 0 Å². The fraction of sp³-hybridized carbons (Fsp3) is 0.167. The van der Waals surface area contributed by atoms with Gasteiger partial charge in [0.05, 0.1) is 6.54 Å². The van der Waals surface area contributed by atoms with Crippen molar-refractivity contribution in [1.29, 1.82) is 0 Å². The van der Waals surface area contributed by atoms with E-state index in [-0.39, 0.29) is 6.54 Å². The molecule has 1 aromatic rings. The van der Waals surface area contributed by atoms with Crippen molar-refractivity contribution >= 4 is 11.8 Å². The van der Waals surface area contributed by atoms with E-state index in [0.717, 1.165) is 5.56 Å². The van der Waals surface area contributed by atoms with Crippen LogP contribution >= 0.6 is 11.8 Å². The molecule has 10 heavy (non-hydrogen) atoms. The molecule has 0 unspecified atom stereocenters. The molecule has 0 atom stereocenters. The highest BCUT2D eigenvalue weighted by Gasteiger charge is 1.95. The van der Waals surface area contributed by atoms with E-state index in [1.54, 1.807) is 18.5 Å². The number of pyridine rings is 1. The van der Waals surface area contributed by atoms with E-state index in [4.69, 9.17) is 17.0 Å². The zero-order valence-electron chi connectivity index (χ0n) is 5.24. The molecular weight excluding hydrogens is 152 g/mol. The Hall–Kier alpha value is -0.640. The van der Waals surface area contributed by atoms with Crippen LogP contribution in [0.15, 0.2) is 24.5 Å². The van der Waals surface area contributed by atoms with Gasteiger partial charge in [0.15, 0.2) is 0 Å². The molecule has 0 aromatic carbocycles. The zero-order chi connectivity index (χ0) is 7.40. The molecule has 0 bridgehead atoms. The van der Waals surface area contributed by atoms with Crippen LogP contribution in [0.2, 0.25) is 0 Å². The minimum absolute atomic E-state index is 0.287. The maximum Gasteiger partial charge on any atom is 0.0672 e. The number of halogens is 1. The molecule has 0 saturated carbocycles. The Labute approximate surface area is 63.9 Å². The van der Waals surface area contributed by atoms with E-state index in [1.165, 1.54) is 0 Å². The number of hydrogen-bond acceptors (Lipinski definition) is 3. The van der Waals surface area contributed by atoms with Crippen LogP contribution in [0.3, 0.4) is 0 Å². The van der Waals surface area contributed by atoms with E-state index in [1.807, 2.05) is 6.07 Å². The summed E-state index contributed by atoms with van der Waals surface area (Å²) in [5.41, 5.74) is 0.875. The molecule has 0 aliphatic heterocycles. The summed E-state index contributed by atoms with van der Waals surface area (Å²) in [5, 5.41) is 8.58. The van der Waals surface area contributed by atoms with Crippen LogP contribution in [-0.4, -0.2) is 14.8 Å². The monoisotopic (exact) mass is 158 g/mol. The van der Waals surface area contributed by atoms with Crippen molar-refractivity contribution in [3.8, 4) is 0 Å². The lowest BCUT2D eigenvalue weighted by atomic mass is 10.3. The number of hydrogen-bond donors (Lipinski definition) is 1. The lowest BCUT2D eigenvalue weighted by molar-refractivity contribution is -0.00237. The minimum atomic E-state index is 0.287. The molecule has 0 amide bonds. The molecule has 54 valence electrons. The molecule has 0 spiro atoms. The van der Waals surface area contributed by atoms with Gasteiger partial charge in [-0.25, -0.2) is 0 Å². The number of nitrogens with zero attached hydrogens (tertiary/aromatic N) is 2. The summed E-state index contributed by atoms with van der Waals surface area (Å²) >= 11 is 5.17. The summed E-state index contributed by atoms with van der Waals surface area (Å²) in [6, 6.07) is 3.62. The van der Waals surface area contributed by atoms with Crippen LogP contribution in [0.4, 0.5) is 0 Å². The molecule has 4 heteroatoms. The van der Waals surface area contributed by atoms with E-state index in [2.05, 4.69) is 4.98 Å². The molecule has 0 fully saturated rings. The standard InChI is InChI=1S/C6H7ClN2O/c7-9(10)5-6-2-1-3-8-4-6/h1-4,10H,5H2. The van der Waals surface area contributed by atoms with Crippen LogP contribution < -0.4 is 0 Å².